The molecular weight excluding hydrogens is 396 g/mol. The highest BCUT2D eigenvalue weighted by molar-refractivity contribution is 5.95. The Hall–Kier alpha value is -3.20. The van der Waals surface area contributed by atoms with Gasteiger partial charge in [0.05, 0.1) is 24.0 Å². The second-order valence-corrected chi connectivity index (χ2v) is 8.16. The second kappa shape index (κ2) is 8.50. The van der Waals surface area contributed by atoms with Gasteiger partial charge in [0.1, 0.15) is 6.33 Å². The summed E-state index contributed by atoms with van der Waals surface area (Å²) >= 11 is 0. The minimum absolute atomic E-state index is 0.231. The molecule has 1 saturated heterocycles. The van der Waals surface area contributed by atoms with Gasteiger partial charge in [0.25, 0.3) is 0 Å². The van der Waals surface area contributed by atoms with E-state index >= 15 is 0 Å². The molecule has 0 unspecified atom stereocenters. The van der Waals surface area contributed by atoms with Gasteiger partial charge in [0.15, 0.2) is 11.5 Å². The minimum Gasteiger partial charge on any atom is -0.493 e. The van der Waals surface area contributed by atoms with Crippen LogP contribution in [0.15, 0.2) is 24.7 Å². The van der Waals surface area contributed by atoms with Gasteiger partial charge in [-0.05, 0) is 19.0 Å². The Balaban J connectivity index is 1.75. The first-order chi connectivity index (χ1) is 14.9. The van der Waals surface area contributed by atoms with Crippen LogP contribution in [0.2, 0.25) is 0 Å². The number of rotatable bonds is 4. The number of amides is 1. The molecule has 9 nitrogen and oxygen atoms in total. The van der Waals surface area contributed by atoms with Crippen molar-refractivity contribution in [3.05, 3.63) is 30.4 Å². The smallest absolute Gasteiger partial charge is 0.415 e. The van der Waals surface area contributed by atoms with Crippen LogP contribution in [-0.4, -0.2) is 76.0 Å². The first-order valence-corrected chi connectivity index (χ1v) is 10.4. The Labute approximate surface area is 181 Å². The van der Waals surface area contributed by atoms with E-state index < -0.39 is 0 Å². The van der Waals surface area contributed by atoms with Crippen LogP contribution in [0.1, 0.15) is 25.5 Å². The van der Waals surface area contributed by atoms with Crippen LogP contribution in [0.5, 0.6) is 11.5 Å². The lowest BCUT2D eigenvalue weighted by molar-refractivity contribution is 0.119. The molecule has 0 bridgehead atoms. The van der Waals surface area contributed by atoms with Crippen molar-refractivity contribution < 1.29 is 14.3 Å². The molecule has 3 heterocycles. The molecule has 2 aromatic heterocycles. The third-order valence-electron chi connectivity index (χ3n) is 5.54. The average Bonchev–Trinajstić information content (AvgIpc) is 3.15. The molecule has 164 valence electrons. The fraction of sp³-hybridized carbons (Fsp3) is 0.455. The summed E-state index contributed by atoms with van der Waals surface area (Å²) in [6, 6.07) is 3.56. The van der Waals surface area contributed by atoms with Crippen LogP contribution in [0, 0.1) is 0 Å². The minimum atomic E-state index is -0.381. The number of hydrogen-bond acceptors (Lipinski definition) is 7. The van der Waals surface area contributed by atoms with Crippen molar-refractivity contribution in [2.75, 3.05) is 40.3 Å². The summed E-state index contributed by atoms with van der Waals surface area (Å²) in [6.07, 6.45) is 3.11. The summed E-state index contributed by atoms with van der Waals surface area (Å²) in [6.45, 7) is 7.10. The van der Waals surface area contributed by atoms with Gasteiger partial charge in [0, 0.05) is 56.4 Å². The van der Waals surface area contributed by atoms with E-state index in [9.17, 15) is 4.79 Å². The summed E-state index contributed by atoms with van der Waals surface area (Å²) in [4.78, 5) is 25.6. The fourth-order valence-electron chi connectivity index (χ4n) is 3.78. The molecule has 0 spiro atoms. The molecule has 0 N–H and O–H groups in total. The van der Waals surface area contributed by atoms with Crippen molar-refractivity contribution in [2.24, 2.45) is 7.05 Å². The molecule has 3 aromatic rings. The first-order valence-electron chi connectivity index (χ1n) is 10.4. The number of nitrogens with zero attached hydrogens (tertiary/aromatic N) is 6. The van der Waals surface area contributed by atoms with Gasteiger partial charge in [0.2, 0.25) is 0 Å². The second-order valence-electron chi connectivity index (χ2n) is 8.16. The van der Waals surface area contributed by atoms with Crippen molar-refractivity contribution >= 4 is 17.0 Å². The number of aromatic nitrogens is 4. The molecule has 0 saturated carbocycles. The molecule has 0 radical (unpaired) electrons. The lowest BCUT2D eigenvalue weighted by Crippen LogP contribution is -2.48. The highest BCUT2D eigenvalue weighted by Gasteiger charge is 2.24. The van der Waals surface area contributed by atoms with Crippen molar-refractivity contribution in [1.82, 2.24) is 29.5 Å². The zero-order valence-electron chi connectivity index (χ0n) is 18.6. The highest BCUT2D eigenvalue weighted by atomic mass is 16.6. The third kappa shape index (κ3) is 4.18. The third-order valence-corrected chi connectivity index (χ3v) is 5.54. The van der Waals surface area contributed by atoms with Crippen molar-refractivity contribution in [3.63, 3.8) is 0 Å². The van der Waals surface area contributed by atoms with Crippen LogP contribution in [0.3, 0.4) is 0 Å². The number of aryl methyl sites for hydroxylation is 1. The Morgan fingerprint density at radius 1 is 1.06 bits per heavy atom. The van der Waals surface area contributed by atoms with E-state index in [1.807, 2.05) is 20.3 Å². The fourth-order valence-corrected chi connectivity index (χ4v) is 3.78. The van der Waals surface area contributed by atoms with E-state index in [1.165, 1.54) is 6.33 Å². The standard InChI is InChI=1S/C22H28N6O3/c1-14(2)20-16(12-27(4)25-20)21-15-10-19(18(30-5)11-17(15)23-13-24-21)31-22(29)28-8-6-26(3)7-9-28/h10-14H,6-9H2,1-5H3. The predicted octanol–water partition coefficient (Wildman–Crippen LogP) is 2.91. The van der Waals surface area contributed by atoms with E-state index in [0.29, 0.717) is 30.1 Å². The number of fused-ring (bicyclic) bond motifs is 1. The Morgan fingerprint density at radius 2 is 1.81 bits per heavy atom. The highest BCUT2D eigenvalue weighted by Crippen LogP contribution is 2.37. The van der Waals surface area contributed by atoms with Crippen LogP contribution >= 0.6 is 0 Å². The van der Waals surface area contributed by atoms with Gasteiger partial charge in [-0.15, -0.1) is 0 Å². The maximum Gasteiger partial charge on any atom is 0.415 e. The molecule has 1 aliphatic heterocycles. The Bertz CT molecular complexity index is 1100. The van der Waals surface area contributed by atoms with E-state index in [-0.39, 0.29) is 12.0 Å². The van der Waals surface area contributed by atoms with Gasteiger partial charge >= 0.3 is 6.09 Å². The molecule has 0 atom stereocenters. The number of carbonyl (C=O) groups is 1. The summed E-state index contributed by atoms with van der Waals surface area (Å²) in [5, 5.41) is 5.38. The van der Waals surface area contributed by atoms with Crippen LogP contribution < -0.4 is 9.47 Å². The molecule has 9 heteroatoms. The monoisotopic (exact) mass is 424 g/mol. The molecule has 1 aromatic carbocycles. The van der Waals surface area contributed by atoms with Crippen LogP contribution in [0.4, 0.5) is 4.79 Å². The number of hydrogen-bond donors (Lipinski definition) is 0. The van der Waals surface area contributed by atoms with Gasteiger partial charge in [-0.2, -0.15) is 5.10 Å². The van der Waals surface area contributed by atoms with E-state index in [4.69, 9.17) is 9.47 Å². The van der Waals surface area contributed by atoms with Crippen molar-refractivity contribution in [1.29, 1.82) is 0 Å². The van der Waals surface area contributed by atoms with Gasteiger partial charge < -0.3 is 19.3 Å². The summed E-state index contributed by atoms with van der Waals surface area (Å²) < 4.78 is 13.0. The number of likely N-dealkylation sites (N-methyl/N-ethyl adjacent to an activating group) is 1. The topological polar surface area (TPSA) is 85.6 Å². The summed E-state index contributed by atoms with van der Waals surface area (Å²) in [5.41, 5.74) is 3.35. The Kier molecular flexibility index (Phi) is 5.77. The molecule has 1 amide bonds. The quantitative estimate of drug-likeness (QED) is 0.636. The number of benzene rings is 1. The Morgan fingerprint density at radius 3 is 2.48 bits per heavy atom. The van der Waals surface area contributed by atoms with Crippen LogP contribution in [0.25, 0.3) is 22.2 Å². The van der Waals surface area contributed by atoms with E-state index in [1.54, 1.807) is 28.8 Å². The van der Waals surface area contributed by atoms with E-state index in [0.717, 1.165) is 35.4 Å². The zero-order valence-corrected chi connectivity index (χ0v) is 18.6. The number of ether oxygens (including phenoxy) is 2. The van der Waals surface area contributed by atoms with Gasteiger partial charge in [-0.25, -0.2) is 14.8 Å². The normalized spacial score (nSPS) is 15.0. The maximum absolute atomic E-state index is 12.8. The molecule has 0 aliphatic carbocycles. The lowest BCUT2D eigenvalue weighted by Gasteiger charge is -2.31. The summed E-state index contributed by atoms with van der Waals surface area (Å²) in [5.74, 6) is 1.04. The summed E-state index contributed by atoms with van der Waals surface area (Å²) in [7, 11) is 5.49. The zero-order chi connectivity index (χ0) is 22.1. The SMILES string of the molecule is COc1cc2ncnc(-c3cn(C)nc3C(C)C)c2cc1OC(=O)N1CCN(C)CC1. The van der Waals surface area contributed by atoms with Crippen LogP contribution in [-0.2, 0) is 7.05 Å². The maximum atomic E-state index is 12.8. The molecule has 1 fully saturated rings. The van der Waals surface area contributed by atoms with Gasteiger partial charge in [-0.3, -0.25) is 4.68 Å². The van der Waals surface area contributed by atoms with Crippen molar-refractivity contribution in [3.8, 4) is 22.8 Å². The molecule has 31 heavy (non-hydrogen) atoms. The first kappa shape index (κ1) is 21.0. The van der Waals surface area contributed by atoms with E-state index in [2.05, 4.69) is 33.8 Å². The average molecular weight is 425 g/mol. The molecule has 4 rings (SSSR count). The van der Waals surface area contributed by atoms with Gasteiger partial charge in [-0.1, -0.05) is 13.8 Å². The molecule has 1 aliphatic rings. The molecular formula is C22H28N6O3. The lowest BCUT2D eigenvalue weighted by atomic mass is 10.0. The number of methoxy groups -OCH3 is 1. The number of piperazine rings is 1. The predicted molar refractivity (Wildman–Crippen MR) is 117 cm³/mol. The van der Waals surface area contributed by atoms with Crippen molar-refractivity contribution in [2.45, 2.75) is 19.8 Å². The number of carbonyl (C=O) groups excluding carboxylic acids is 1. The largest absolute Gasteiger partial charge is 0.493 e.